The van der Waals surface area contributed by atoms with E-state index in [2.05, 4.69) is 4.98 Å². The molecular weight excluding hydrogens is 243 g/mol. The lowest BCUT2D eigenvalue weighted by Crippen LogP contribution is -2.32. The largest absolute Gasteiger partial charge is 0.491 e. The van der Waals surface area contributed by atoms with E-state index in [1.54, 1.807) is 0 Å². The third-order valence-corrected chi connectivity index (χ3v) is 2.17. The maximum atomic E-state index is 13.4. The minimum Gasteiger partial charge on any atom is -0.456 e. The molecule has 0 aliphatic carbocycles. The predicted molar refractivity (Wildman–Crippen MR) is 60.5 cm³/mol. The molecule has 2 N–H and O–H groups in total. The normalized spacial score (nSPS) is 10.2. The average molecular weight is 251 g/mol. The molecule has 0 aliphatic rings. The van der Waals surface area contributed by atoms with Crippen LogP contribution in [0.5, 0.6) is 11.5 Å². The van der Waals surface area contributed by atoms with Crippen molar-refractivity contribution in [3.05, 3.63) is 48.3 Å². The zero-order valence-corrected chi connectivity index (χ0v) is 9.05. The molecule has 1 heterocycles. The van der Waals surface area contributed by atoms with Gasteiger partial charge in [-0.25, -0.2) is 8.78 Å². The number of hydrogen-bond donors (Lipinski definition) is 2. The third-order valence-electron chi connectivity index (χ3n) is 2.17. The van der Waals surface area contributed by atoms with Crippen molar-refractivity contribution in [1.29, 1.82) is 0 Å². The highest BCUT2D eigenvalue weighted by Gasteiger charge is 2.16. The second-order valence-corrected chi connectivity index (χ2v) is 3.50. The highest BCUT2D eigenvalue weighted by atomic mass is 19.1. The Labute approximate surface area is 102 Å². The van der Waals surface area contributed by atoms with Crippen LogP contribution in [-0.2, 0) is 0 Å². The van der Waals surface area contributed by atoms with Crippen molar-refractivity contribution in [1.82, 2.24) is 4.98 Å². The van der Waals surface area contributed by atoms with E-state index in [4.69, 9.17) is 14.8 Å². The third kappa shape index (κ3) is 2.82. The second kappa shape index (κ2) is 5.11. The first kappa shape index (κ1) is 12.5. The van der Waals surface area contributed by atoms with Gasteiger partial charge in [0, 0.05) is 17.6 Å². The smallest absolute Gasteiger partial charge is 0.456 e. The molecule has 0 radical (unpaired) electrons. The lowest BCUT2D eigenvalue weighted by molar-refractivity contribution is 0.422. The van der Waals surface area contributed by atoms with Crippen LogP contribution in [0.3, 0.4) is 0 Å². The first-order chi connectivity index (χ1) is 8.56. The molecule has 18 heavy (non-hydrogen) atoms. The lowest BCUT2D eigenvalue weighted by atomic mass is 9.80. The Hall–Kier alpha value is -1.99. The Kier molecular flexibility index (Phi) is 3.54. The van der Waals surface area contributed by atoms with Gasteiger partial charge in [-0.1, -0.05) is 6.07 Å². The molecule has 0 bridgehead atoms. The summed E-state index contributed by atoms with van der Waals surface area (Å²) in [7, 11) is -1.89. The fraction of sp³-hybridized carbons (Fsp3) is 0. The Morgan fingerprint density at radius 2 is 1.83 bits per heavy atom. The topological polar surface area (TPSA) is 62.6 Å². The summed E-state index contributed by atoms with van der Waals surface area (Å²) in [4.78, 5) is 3.57. The average Bonchev–Trinajstić information content (AvgIpc) is 2.28. The molecule has 0 atom stereocenters. The van der Waals surface area contributed by atoms with Crippen molar-refractivity contribution in [2.75, 3.05) is 0 Å². The van der Waals surface area contributed by atoms with Crippen molar-refractivity contribution < 1.29 is 23.6 Å². The Morgan fingerprint density at radius 1 is 1.06 bits per heavy atom. The van der Waals surface area contributed by atoms with Gasteiger partial charge in [-0.05, 0) is 6.07 Å². The quantitative estimate of drug-likeness (QED) is 0.793. The van der Waals surface area contributed by atoms with Gasteiger partial charge < -0.3 is 14.8 Å². The van der Waals surface area contributed by atoms with Crippen LogP contribution in [0.1, 0.15) is 0 Å². The highest BCUT2D eigenvalue weighted by molar-refractivity contribution is 6.58. The van der Waals surface area contributed by atoms with Crippen molar-refractivity contribution in [2.45, 2.75) is 0 Å². The Bertz CT molecular complexity index is 566. The van der Waals surface area contributed by atoms with Crippen LogP contribution in [0.15, 0.2) is 36.7 Å². The number of ether oxygens (including phenoxy) is 1. The first-order valence-electron chi connectivity index (χ1n) is 5.00. The molecule has 0 fully saturated rings. The van der Waals surface area contributed by atoms with Gasteiger partial charge in [0.1, 0.15) is 23.1 Å². The van der Waals surface area contributed by atoms with Gasteiger partial charge in [0.25, 0.3) is 0 Å². The standard InChI is InChI=1S/C11H8BF2NO3/c13-7-3-9(6-15-5-7)18-8-1-2-10(12(16)17)11(14)4-8/h1-6,16-17H. The number of pyridine rings is 1. The van der Waals surface area contributed by atoms with E-state index in [0.29, 0.717) is 0 Å². The zero-order valence-electron chi connectivity index (χ0n) is 9.05. The number of hydrogen-bond acceptors (Lipinski definition) is 4. The van der Waals surface area contributed by atoms with Crippen molar-refractivity contribution in [3.63, 3.8) is 0 Å². The van der Waals surface area contributed by atoms with E-state index < -0.39 is 18.8 Å². The van der Waals surface area contributed by atoms with E-state index in [1.165, 1.54) is 18.3 Å². The summed E-state index contributed by atoms with van der Waals surface area (Å²) in [5.41, 5.74) is -0.264. The van der Waals surface area contributed by atoms with Crippen LogP contribution in [0.4, 0.5) is 8.78 Å². The first-order valence-corrected chi connectivity index (χ1v) is 5.00. The summed E-state index contributed by atoms with van der Waals surface area (Å²) < 4.78 is 31.4. The highest BCUT2D eigenvalue weighted by Crippen LogP contribution is 2.21. The number of benzene rings is 1. The maximum Gasteiger partial charge on any atom is 0.491 e. The van der Waals surface area contributed by atoms with Gasteiger partial charge in [-0.2, -0.15) is 0 Å². The number of aromatic nitrogens is 1. The Balaban J connectivity index is 2.23. The minimum atomic E-state index is -1.89. The Morgan fingerprint density at radius 3 is 2.44 bits per heavy atom. The van der Waals surface area contributed by atoms with Gasteiger partial charge in [0.05, 0.1) is 12.4 Å². The molecule has 92 valence electrons. The summed E-state index contributed by atoms with van der Waals surface area (Å²) in [6.45, 7) is 0. The molecule has 0 aliphatic heterocycles. The molecule has 0 saturated heterocycles. The van der Waals surface area contributed by atoms with Crippen LogP contribution < -0.4 is 10.2 Å². The summed E-state index contributed by atoms with van der Waals surface area (Å²) in [6, 6.07) is 4.57. The maximum absolute atomic E-state index is 13.4. The molecule has 0 amide bonds. The van der Waals surface area contributed by atoms with Crippen molar-refractivity contribution >= 4 is 12.6 Å². The predicted octanol–water partition coefficient (Wildman–Crippen LogP) is 0.832. The lowest BCUT2D eigenvalue weighted by Gasteiger charge is -2.07. The van der Waals surface area contributed by atoms with E-state index in [9.17, 15) is 8.78 Å². The van der Waals surface area contributed by atoms with Crippen LogP contribution in [0.25, 0.3) is 0 Å². The molecule has 1 aromatic heterocycles. The van der Waals surface area contributed by atoms with Gasteiger partial charge in [-0.15, -0.1) is 0 Å². The van der Waals surface area contributed by atoms with Crippen molar-refractivity contribution in [2.24, 2.45) is 0 Å². The molecule has 0 spiro atoms. The van der Waals surface area contributed by atoms with Crippen molar-refractivity contribution in [3.8, 4) is 11.5 Å². The number of rotatable bonds is 3. The monoisotopic (exact) mass is 251 g/mol. The number of halogens is 2. The molecular formula is C11H8BF2NO3. The molecule has 2 aromatic rings. The van der Waals surface area contributed by atoms with Gasteiger partial charge in [0.2, 0.25) is 0 Å². The summed E-state index contributed by atoms with van der Waals surface area (Å²) in [6.07, 6.45) is 2.29. The van der Waals surface area contributed by atoms with Gasteiger partial charge in [-0.3, -0.25) is 4.98 Å². The van der Waals surface area contributed by atoms with Gasteiger partial charge in [0.15, 0.2) is 0 Å². The molecule has 7 heteroatoms. The molecule has 2 rings (SSSR count). The fourth-order valence-corrected chi connectivity index (χ4v) is 1.37. The summed E-state index contributed by atoms with van der Waals surface area (Å²) in [5, 5.41) is 17.7. The second-order valence-electron chi connectivity index (χ2n) is 3.50. The van der Waals surface area contributed by atoms with Crippen LogP contribution >= 0.6 is 0 Å². The number of nitrogens with zero attached hydrogens (tertiary/aromatic N) is 1. The molecule has 1 aromatic carbocycles. The molecule has 4 nitrogen and oxygen atoms in total. The van der Waals surface area contributed by atoms with E-state index in [1.807, 2.05) is 0 Å². The van der Waals surface area contributed by atoms with Crippen LogP contribution in [0, 0.1) is 11.6 Å². The fourth-order valence-electron chi connectivity index (χ4n) is 1.37. The summed E-state index contributed by atoms with van der Waals surface area (Å²) >= 11 is 0. The SMILES string of the molecule is OB(O)c1ccc(Oc2cncc(F)c2)cc1F. The van der Waals surface area contributed by atoms with E-state index in [-0.39, 0.29) is 17.0 Å². The zero-order chi connectivity index (χ0) is 13.1. The van der Waals surface area contributed by atoms with E-state index >= 15 is 0 Å². The van der Waals surface area contributed by atoms with E-state index in [0.717, 1.165) is 18.3 Å². The molecule has 0 saturated carbocycles. The van der Waals surface area contributed by atoms with Gasteiger partial charge >= 0.3 is 7.12 Å². The molecule has 0 unspecified atom stereocenters. The summed E-state index contributed by atoms with van der Waals surface area (Å²) in [5.74, 6) is -1.18. The van der Waals surface area contributed by atoms with Crippen LogP contribution in [-0.4, -0.2) is 22.2 Å². The van der Waals surface area contributed by atoms with Crippen LogP contribution in [0.2, 0.25) is 0 Å². The minimum absolute atomic E-state index is 0.101.